The van der Waals surface area contributed by atoms with E-state index in [-0.39, 0.29) is 12.2 Å². The zero-order chi connectivity index (χ0) is 11.7. The molecule has 16 heavy (non-hydrogen) atoms. The SMILES string of the molecule is O=C(O)CCc1c[nH]c2c(F)ccc(Br)c12. The van der Waals surface area contributed by atoms with Crippen molar-refractivity contribution in [3.63, 3.8) is 0 Å². The van der Waals surface area contributed by atoms with Crippen LogP contribution in [0, 0.1) is 5.82 Å². The maximum atomic E-state index is 13.4. The molecule has 5 heteroatoms. The van der Waals surface area contributed by atoms with Crippen LogP contribution in [-0.4, -0.2) is 16.1 Å². The van der Waals surface area contributed by atoms with E-state index in [1.54, 1.807) is 12.3 Å². The molecular formula is C11H9BrFNO2. The van der Waals surface area contributed by atoms with Crippen molar-refractivity contribution in [2.45, 2.75) is 12.8 Å². The molecule has 0 aliphatic carbocycles. The zero-order valence-corrected chi connectivity index (χ0v) is 9.84. The quantitative estimate of drug-likeness (QED) is 0.911. The Morgan fingerprint density at radius 3 is 2.94 bits per heavy atom. The van der Waals surface area contributed by atoms with Gasteiger partial charge in [0, 0.05) is 22.5 Å². The number of carboxylic acid groups (broad SMARTS) is 1. The van der Waals surface area contributed by atoms with Gasteiger partial charge in [0.05, 0.1) is 5.52 Å². The molecule has 1 aromatic heterocycles. The fourth-order valence-corrected chi connectivity index (χ4v) is 2.26. The summed E-state index contributed by atoms with van der Waals surface area (Å²) in [6.07, 6.45) is 2.08. The van der Waals surface area contributed by atoms with E-state index in [4.69, 9.17) is 5.11 Å². The molecule has 0 radical (unpaired) electrons. The molecular weight excluding hydrogens is 277 g/mol. The van der Waals surface area contributed by atoms with Crippen molar-refractivity contribution in [2.24, 2.45) is 0 Å². The standard InChI is InChI=1S/C11H9BrFNO2/c12-7-2-3-8(13)11-10(7)6(5-14-11)1-4-9(15)16/h2-3,5,14H,1,4H2,(H,15,16). The lowest BCUT2D eigenvalue weighted by Gasteiger charge is -2.00. The van der Waals surface area contributed by atoms with Gasteiger partial charge in [0.1, 0.15) is 5.82 Å². The first-order chi connectivity index (χ1) is 7.59. The number of halogens is 2. The molecule has 84 valence electrons. The van der Waals surface area contributed by atoms with Gasteiger partial charge in [-0.25, -0.2) is 4.39 Å². The van der Waals surface area contributed by atoms with Gasteiger partial charge in [-0.1, -0.05) is 15.9 Å². The normalized spacial score (nSPS) is 10.9. The fraction of sp³-hybridized carbons (Fsp3) is 0.182. The Morgan fingerprint density at radius 1 is 1.50 bits per heavy atom. The van der Waals surface area contributed by atoms with Gasteiger partial charge >= 0.3 is 5.97 Å². The minimum atomic E-state index is -0.859. The van der Waals surface area contributed by atoms with Crippen molar-refractivity contribution >= 4 is 32.8 Å². The van der Waals surface area contributed by atoms with Gasteiger partial charge in [0.15, 0.2) is 0 Å². The third-order valence-electron chi connectivity index (χ3n) is 2.42. The minimum Gasteiger partial charge on any atom is -0.481 e. The predicted octanol–water partition coefficient (Wildman–Crippen LogP) is 3.09. The van der Waals surface area contributed by atoms with E-state index in [1.807, 2.05) is 0 Å². The van der Waals surface area contributed by atoms with Crippen LogP contribution in [0.15, 0.2) is 22.8 Å². The van der Waals surface area contributed by atoms with E-state index >= 15 is 0 Å². The number of aromatic nitrogens is 1. The van der Waals surface area contributed by atoms with Crippen LogP contribution in [0.5, 0.6) is 0 Å². The number of fused-ring (bicyclic) bond motifs is 1. The van der Waals surface area contributed by atoms with E-state index in [9.17, 15) is 9.18 Å². The number of aromatic amines is 1. The average Bonchev–Trinajstić information content (AvgIpc) is 2.65. The molecule has 3 nitrogen and oxygen atoms in total. The maximum absolute atomic E-state index is 13.4. The molecule has 2 rings (SSSR count). The lowest BCUT2D eigenvalue weighted by atomic mass is 10.1. The monoisotopic (exact) mass is 285 g/mol. The molecule has 1 aromatic carbocycles. The summed E-state index contributed by atoms with van der Waals surface area (Å²) < 4.78 is 14.2. The van der Waals surface area contributed by atoms with Gasteiger partial charge in [0.25, 0.3) is 0 Å². The number of hydrogen-bond acceptors (Lipinski definition) is 1. The van der Waals surface area contributed by atoms with Gasteiger partial charge in [-0.05, 0) is 24.1 Å². The second-order valence-corrected chi connectivity index (χ2v) is 4.34. The Labute approximate surface area is 99.4 Å². The first-order valence-electron chi connectivity index (χ1n) is 4.75. The molecule has 1 heterocycles. The molecule has 0 amide bonds. The Bertz CT molecular complexity index is 550. The molecule has 2 N–H and O–H groups in total. The number of carbonyl (C=O) groups is 1. The lowest BCUT2D eigenvalue weighted by Crippen LogP contribution is -1.96. The third kappa shape index (κ3) is 1.95. The number of benzene rings is 1. The number of hydrogen-bond donors (Lipinski definition) is 2. The lowest BCUT2D eigenvalue weighted by molar-refractivity contribution is -0.136. The van der Waals surface area contributed by atoms with E-state index in [0.717, 1.165) is 15.4 Å². The van der Waals surface area contributed by atoms with Gasteiger partial charge in [-0.3, -0.25) is 4.79 Å². The number of carboxylic acids is 1. The number of H-pyrrole nitrogens is 1. The van der Waals surface area contributed by atoms with Crippen LogP contribution in [0.2, 0.25) is 0 Å². The highest BCUT2D eigenvalue weighted by molar-refractivity contribution is 9.10. The molecule has 0 atom stereocenters. The largest absolute Gasteiger partial charge is 0.481 e. The molecule has 0 aliphatic rings. The number of nitrogens with one attached hydrogen (secondary N) is 1. The van der Waals surface area contributed by atoms with E-state index in [0.29, 0.717) is 11.9 Å². The predicted molar refractivity (Wildman–Crippen MR) is 61.9 cm³/mol. The van der Waals surface area contributed by atoms with Crippen LogP contribution in [0.25, 0.3) is 10.9 Å². The van der Waals surface area contributed by atoms with E-state index in [1.165, 1.54) is 6.07 Å². The van der Waals surface area contributed by atoms with Crippen LogP contribution >= 0.6 is 15.9 Å². The highest BCUT2D eigenvalue weighted by Crippen LogP contribution is 2.29. The van der Waals surface area contributed by atoms with Crippen LogP contribution in [0.4, 0.5) is 4.39 Å². The van der Waals surface area contributed by atoms with Gasteiger partial charge in [-0.15, -0.1) is 0 Å². The summed E-state index contributed by atoms with van der Waals surface area (Å²) in [4.78, 5) is 13.3. The first kappa shape index (κ1) is 11.1. The second-order valence-electron chi connectivity index (χ2n) is 3.49. The van der Waals surface area contributed by atoms with Crippen LogP contribution < -0.4 is 0 Å². The van der Waals surface area contributed by atoms with Crippen LogP contribution in [0.1, 0.15) is 12.0 Å². The van der Waals surface area contributed by atoms with Crippen LogP contribution in [0.3, 0.4) is 0 Å². The highest BCUT2D eigenvalue weighted by Gasteiger charge is 2.11. The van der Waals surface area contributed by atoms with Crippen molar-refractivity contribution in [3.05, 3.63) is 34.2 Å². The molecule has 0 spiro atoms. The summed E-state index contributed by atoms with van der Waals surface area (Å²) in [5.74, 6) is -1.19. The minimum absolute atomic E-state index is 0.0376. The summed E-state index contributed by atoms with van der Waals surface area (Å²) in [7, 11) is 0. The van der Waals surface area contributed by atoms with Crippen molar-refractivity contribution in [1.29, 1.82) is 0 Å². The first-order valence-corrected chi connectivity index (χ1v) is 5.54. The summed E-state index contributed by atoms with van der Waals surface area (Å²) in [5, 5.41) is 9.34. The van der Waals surface area contributed by atoms with Crippen molar-refractivity contribution in [2.75, 3.05) is 0 Å². The van der Waals surface area contributed by atoms with E-state index in [2.05, 4.69) is 20.9 Å². The highest BCUT2D eigenvalue weighted by atomic mass is 79.9. The topological polar surface area (TPSA) is 53.1 Å². The maximum Gasteiger partial charge on any atom is 0.303 e. The Kier molecular flexibility index (Phi) is 2.96. The summed E-state index contributed by atoms with van der Waals surface area (Å²) in [6, 6.07) is 2.99. The number of rotatable bonds is 3. The zero-order valence-electron chi connectivity index (χ0n) is 8.26. The number of aliphatic carboxylic acids is 1. The number of aryl methyl sites for hydroxylation is 1. The van der Waals surface area contributed by atoms with Gasteiger partial charge in [0.2, 0.25) is 0 Å². The molecule has 0 bridgehead atoms. The van der Waals surface area contributed by atoms with Crippen molar-refractivity contribution in [3.8, 4) is 0 Å². The molecule has 0 aliphatic heterocycles. The molecule has 2 aromatic rings. The molecule has 0 unspecified atom stereocenters. The van der Waals surface area contributed by atoms with Gasteiger partial charge < -0.3 is 10.1 Å². The Balaban J connectivity index is 2.47. The smallest absolute Gasteiger partial charge is 0.303 e. The summed E-state index contributed by atoms with van der Waals surface area (Å²) >= 11 is 3.33. The van der Waals surface area contributed by atoms with E-state index < -0.39 is 5.97 Å². The van der Waals surface area contributed by atoms with Crippen molar-refractivity contribution < 1.29 is 14.3 Å². The second kappa shape index (κ2) is 4.25. The summed E-state index contributed by atoms with van der Waals surface area (Å²) in [5.41, 5.74) is 1.22. The van der Waals surface area contributed by atoms with Crippen LogP contribution in [-0.2, 0) is 11.2 Å². The summed E-state index contributed by atoms with van der Waals surface area (Å²) in [6.45, 7) is 0. The van der Waals surface area contributed by atoms with Crippen molar-refractivity contribution in [1.82, 2.24) is 4.98 Å². The average molecular weight is 286 g/mol. The third-order valence-corrected chi connectivity index (χ3v) is 3.08. The van der Waals surface area contributed by atoms with Gasteiger partial charge in [-0.2, -0.15) is 0 Å². The molecule has 0 saturated heterocycles. The molecule has 0 fully saturated rings. The Morgan fingerprint density at radius 2 is 2.25 bits per heavy atom. The Hall–Kier alpha value is -1.36. The molecule has 0 saturated carbocycles. The fourth-order valence-electron chi connectivity index (χ4n) is 1.68.